The minimum absolute atomic E-state index is 0. The third-order valence-corrected chi connectivity index (χ3v) is 9.79. The van der Waals surface area contributed by atoms with Gasteiger partial charge in [-0.1, -0.05) is 107 Å². The van der Waals surface area contributed by atoms with Gasteiger partial charge in [0, 0.05) is 5.56 Å². The van der Waals surface area contributed by atoms with Crippen LogP contribution >= 0.6 is 0 Å². The fraction of sp³-hybridized carbons (Fsp3) is 0.368. The Labute approximate surface area is 332 Å². The van der Waals surface area contributed by atoms with E-state index >= 15 is 0 Å². The molecule has 51 heavy (non-hydrogen) atoms. The molecule has 0 aliphatic carbocycles. The molecular weight excluding hydrogens is 721 g/mol. The third kappa shape index (κ3) is 14.6. The van der Waals surface area contributed by atoms with Crippen LogP contribution in [0.1, 0.15) is 89.2 Å². The van der Waals surface area contributed by atoms with E-state index in [4.69, 9.17) is 9.47 Å². The van der Waals surface area contributed by atoms with Gasteiger partial charge in [-0.25, -0.2) is 8.42 Å². The maximum atomic E-state index is 12.6. The van der Waals surface area contributed by atoms with Gasteiger partial charge in [0.15, 0.2) is 11.5 Å². The number of hydrogen-bond acceptors (Lipinski definition) is 9. The van der Waals surface area contributed by atoms with Crippen LogP contribution in [0.4, 0.5) is 0 Å². The predicted molar refractivity (Wildman–Crippen MR) is 195 cm³/mol. The summed E-state index contributed by atoms with van der Waals surface area (Å²) >= 11 is 0. The molecule has 13 heteroatoms. The van der Waals surface area contributed by atoms with Crippen LogP contribution in [0.5, 0.6) is 34.5 Å². The van der Waals surface area contributed by atoms with Crippen molar-refractivity contribution in [2.24, 2.45) is 0 Å². The fourth-order valence-electron chi connectivity index (χ4n) is 5.34. The molecule has 4 rings (SSSR count). The first-order chi connectivity index (χ1) is 23.9. The van der Waals surface area contributed by atoms with Gasteiger partial charge in [-0.2, -0.15) is 8.42 Å². The summed E-state index contributed by atoms with van der Waals surface area (Å²) in [6, 6.07) is 22.7. The summed E-state index contributed by atoms with van der Waals surface area (Å²) in [4.78, 5) is -0.700. The molecule has 0 aromatic heterocycles. The average Bonchev–Trinajstić information content (AvgIpc) is 3.08. The zero-order valence-corrected chi connectivity index (χ0v) is 33.1. The van der Waals surface area contributed by atoms with Crippen molar-refractivity contribution < 1.29 is 45.6 Å². The fourth-order valence-corrected chi connectivity index (χ4v) is 6.82. The van der Waals surface area contributed by atoms with E-state index in [1.807, 2.05) is 12.1 Å². The van der Waals surface area contributed by atoms with E-state index in [0.717, 1.165) is 57.8 Å². The number of hydrogen-bond donors (Lipinski definition) is 2. The van der Waals surface area contributed by atoms with Gasteiger partial charge in [0.2, 0.25) is 0 Å². The Morgan fingerprint density at radius 1 is 0.588 bits per heavy atom. The van der Waals surface area contributed by atoms with Crippen LogP contribution in [0.3, 0.4) is 0 Å². The molecule has 10 nitrogen and oxygen atoms in total. The molecule has 272 valence electrons. The van der Waals surface area contributed by atoms with E-state index in [0.29, 0.717) is 24.3 Å². The van der Waals surface area contributed by atoms with Gasteiger partial charge in [0.25, 0.3) is 10.1 Å². The second kappa shape index (κ2) is 22.3. The Hall–Kier alpha value is -2.84. The topological polar surface area (TPSA) is 173 Å². The number of phenolic OH excluding ortho intramolecular Hbond substituents is 1. The maximum absolute atomic E-state index is 12.6. The van der Waals surface area contributed by atoms with Crippen LogP contribution in [0.15, 0.2) is 94.7 Å². The van der Waals surface area contributed by atoms with E-state index < -0.39 is 30.9 Å². The van der Waals surface area contributed by atoms with Gasteiger partial charge in [0.1, 0.15) is 32.3 Å². The van der Waals surface area contributed by atoms with Crippen LogP contribution in [-0.2, 0) is 33.1 Å². The molecule has 0 saturated heterocycles. The molecular formula is C38H46CaO10S2. The zero-order valence-electron chi connectivity index (χ0n) is 29.3. The normalized spacial score (nSPS) is 11.2. The first-order valence-corrected chi connectivity index (χ1v) is 19.8. The standard InChI is InChI=1S/2C19H24O5S.Ca/c2*1-2-3-4-5-9-12-16-18(25(21,22)23)14-13-17(19(16)20)24-15-10-7-6-8-11-15;/h2*6-8,10-11,13-14,20H,2-5,9,12H2,1H3,(H,21,22,23);/q;;+2/p-2. The van der Waals surface area contributed by atoms with Gasteiger partial charge in [-0.3, -0.25) is 4.55 Å². The van der Waals surface area contributed by atoms with Crippen LogP contribution in [-0.4, -0.2) is 68.8 Å². The van der Waals surface area contributed by atoms with Crippen LogP contribution in [0.25, 0.3) is 0 Å². The Bertz CT molecular complexity index is 1710. The molecule has 0 atom stereocenters. The van der Waals surface area contributed by atoms with Crippen molar-refractivity contribution in [2.75, 3.05) is 0 Å². The molecule has 4 aromatic rings. The number of unbranched alkanes of at least 4 members (excludes halogenated alkanes) is 8. The van der Waals surface area contributed by atoms with Crippen molar-refractivity contribution in [1.29, 1.82) is 0 Å². The number of phenols is 1. The van der Waals surface area contributed by atoms with Gasteiger partial charge >= 0.3 is 37.7 Å². The molecule has 2 N–H and O–H groups in total. The molecule has 0 saturated carbocycles. The van der Waals surface area contributed by atoms with Crippen molar-refractivity contribution in [3.63, 3.8) is 0 Å². The largest absolute Gasteiger partial charge is 2.00 e. The third-order valence-electron chi connectivity index (χ3n) is 7.93. The van der Waals surface area contributed by atoms with Gasteiger partial charge in [-0.05, 0) is 79.8 Å². The minimum atomic E-state index is -4.70. The molecule has 0 aliphatic heterocycles. The summed E-state index contributed by atoms with van der Waals surface area (Å²) in [5, 5.41) is 23.1. The monoisotopic (exact) mass is 766 g/mol. The summed E-state index contributed by atoms with van der Waals surface area (Å²) in [5.41, 5.74) is 0.229. The van der Waals surface area contributed by atoms with Crippen molar-refractivity contribution in [1.82, 2.24) is 0 Å². The summed E-state index contributed by atoms with van der Waals surface area (Å²) in [7, 11) is -9.11. The summed E-state index contributed by atoms with van der Waals surface area (Å²) in [5.74, 6) is 0.438. The van der Waals surface area contributed by atoms with Gasteiger partial charge in [0.05, 0.1) is 4.90 Å². The molecule has 0 bridgehead atoms. The van der Waals surface area contributed by atoms with Crippen LogP contribution < -0.4 is 14.6 Å². The number of para-hydroxylation sites is 2. The van der Waals surface area contributed by atoms with E-state index in [2.05, 4.69) is 13.8 Å². The first kappa shape index (κ1) is 44.3. The van der Waals surface area contributed by atoms with Crippen molar-refractivity contribution in [3.8, 4) is 34.5 Å². The Kier molecular flexibility index (Phi) is 19.4. The number of aromatic hydroxyl groups is 1. The molecule has 0 heterocycles. The Morgan fingerprint density at radius 2 is 1.02 bits per heavy atom. The minimum Gasteiger partial charge on any atom is -0.870 e. The molecule has 0 radical (unpaired) electrons. The van der Waals surface area contributed by atoms with E-state index in [-0.39, 0.29) is 77.4 Å². The smallest absolute Gasteiger partial charge is 0.870 e. The SMILES string of the molecule is CCCCCCCc1c(S(=O)(=O)O)ccc(Oc2ccccc2)c1O.CCCCCCCc1c(S(=O)(=O)[O-])ccc(Oc2ccccc2)c1[O-].[Ca+2]. The molecule has 0 aliphatic rings. The van der Waals surface area contributed by atoms with Gasteiger partial charge < -0.3 is 24.2 Å². The molecule has 0 unspecified atom stereocenters. The van der Waals surface area contributed by atoms with Crippen molar-refractivity contribution in [2.45, 2.75) is 101 Å². The number of benzene rings is 4. The van der Waals surface area contributed by atoms with Crippen molar-refractivity contribution in [3.05, 3.63) is 96.1 Å². The van der Waals surface area contributed by atoms with Crippen LogP contribution in [0, 0.1) is 0 Å². The first-order valence-electron chi connectivity index (χ1n) is 16.9. The van der Waals surface area contributed by atoms with Crippen molar-refractivity contribution >= 4 is 58.0 Å². The number of ether oxygens (including phenoxy) is 2. The summed E-state index contributed by atoms with van der Waals surface area (Å²) < 4.78 is 78.3. The molecule has 0 spiro atoms. The molecule has 0 amide bonds. The maximum Gasteiger partial charge on any atom is 2.00 e. The Balaban J connectivity index is 0.000000347. The second-order valence-corrected chi connectivity index (χ2v) is 14.6. The Morgan fingerprint density at radius 3 is 1.49 bits per heavy atom. The number of rotatable bonds is 18. The summed E-state index contributed by atoms with van der Waals surface area (Å²) in [6.45, 7) is 4.22. The van der Waals surface area contributed by atoms with E-state index in [9.17, 15) is 36.2 Å². The molecule has 0 fully saturated rings. The second-order valence-electron chi connectivity index (χ2n) is 11.8. The predicted octanol–water partition coefficient (Wildman–Crippen LogP) is 8.53. The quantitative estimate of drug-likeness (QED) is 0.0568. The average molecular weight is 767 g/mol. The van der Waals surface area contributed by atoms with Crippen LogP contribution in [0.2, 0.25) is 0 Å². The van der Waals surface area contributed by atoms with Gasteiger partial charge in [-0.15, -0.1) is 0 Å². The summed E-state index contributed by atoms with van der Waals surface area (Å²) in [6.07, 6.45) is 10.3. The van der Waals surface area contributed by atoms with E-state index in [1.165, 1.54) is 24.3 Å². The van der Waals surface area contributed by atoms with E-state index in [1.54, 1.807) is 48.5 Å². The zero-order chi connectivity index (χ0) is 36.6. The molecule has 4 aromatic carbocycles.